The molecule has 6 nitrogen and oxygen atoms in total. The first-order valence-corrected chi connectivity index (χ1v) is 8.52. The molecular formula is C9H18O6Si. The highest BCUT2D eigenvalue weighted by molar-refractivity contribution is 6.69. The van der Waals surface area contributed by atoms with E-state index in [1.54, 1.807) is 0 Å². The Labute approximate surface area is 94.9 Å². The second-order valence-corrected chi connectivity index (χ2v) is 9.34. The van der Waals surface area contributed by atoms with Gasteiger partial charge in [-0.1, -0.05) is 0 Å². The van der Waals surface area contributed by atoms with Gasteiger partial charge in [0.1, 0.15) is 12.2 Å². The minimum atomic E-state index is -1.78. The highest BCUT2D eigenvalue weighted by Gasteiger charge is 2.44. The van der Waals surface area contributed by atoms with Crippen molar-refractivity contribution in [2.24, 2.45) is 0 Å². The maximum atomic E-state index is 11.1. The highest BCUT2D eigenvalue weighted by Crippen LogP contribution is 2.18. The van der Waals surface area contributed by atoms with Crippen LogP contribution in [0.5, 0.6) is 0 Å². The van der Waals surface area contributed by atoms with Crippen molar-refractivity contribution < 1.29 is 29.3 Å². The first-order valence-electron chi connectivity index (χ1n) is 5.11. The van der Waals surface area contributed by atoms with Crippen molar-refractivity contribution in [3.05, 3.63) is 0 Å². The fourth-order valence-corrected chi connectivity index (χ4v) is 1.96. The molecule has 0 amide bonds. The standard InChI is InChI=1S/C9H18O6Si/c1-16(2,3)14-4-5-6(10)7(11)8(12)9(13)15-5/h5-8,10-12H,4H2,1-3H3/t5-,6-,7+,8-/m1/s1. The third kappa shape index (κ3) is 3.26. The molecule has 1 rings (SSSR count). The summed E-state index contributed by atoms with van der Waals surface area (Å²) in [6.07, 6.45) is -5.43. The Balaban J connectivity index is 2.57. The smallest absolute Gasteiger partial charge is 0.338 e. The van der Waals surface area contributed by atoms with Crippen LogP contribution in [0.2, 0.25) is 19.6 Å². The van der Waals surface area contributed by atoms with Gasteiger partial charge in [0.05, 0.1) is 6.61 Å². The molecule has 0 bridgehead atoms. The molecule has 0 aromatic heterocycles. The van der Waals surface area contributed by atoms with Crippen LogP contribution in [-0.4, -0.2) is 60.6 Å². The molecule has 1 fully saturated rings. The van der Waals surface area contributed by atoms with Crippen LogP contribution in [0.15, 0.2) is 0 Å². The lowest BCUT2D eigenvalue weighted by Crippen LogP contribution is -2.57. The van der Waals surface area contributed by atoms with Gasteiger partial charge in [-0.2, -0.15) is 0 Å². The van der Waals surface area contributed by atoms with Crippen molar-refractivity contribution in [1.29, 1.82) is 0 Å². The van der Waals surface area contributed by atoms with Gasteiger partial charge in [-0.05, 0) is 19.6 Å². The number of hydrogen-bond donors (Lipinski definition) is 3. The summed E-state index contributed by atoms with van der Waals surface area (Å²) >= 11 is 0. The zero-order chi connectivity index (χ0) is 12.5. The first-order chi connectivity index (χ1) is 7.22. The Bertz CT molecular complexity index is 263. The van der Waals surface area contributed by atoms with Crippen LogP contribution in [0.4, 0.5) is 0 Å². The zero-order valence-electron chi connectivity index (χ0n) is 9.58. The van der Waals surface area contributed by atoms with E-state index in [2.05, 4.69) is 0 Å². The molecule has 0 unspecified atom stereocenters. The predicted molar refractivity (Wildman–Crippen MR) is 57.2 cm³/mol. The number of carbonyl (C=O) groups excluding carboxylic acids is 1. The first kappa shape index (κ1) is 13.6. The van der Waals surface area contributed by atoms with E-state index in [1.165, 1.54) is 0 Å². The van der Waals surface area contributed by atoms with Crippen LogP contribution in [0.1, 0.15) is 0 Å². The molecule has 0 aromatic rings. The van der Waals surface area contributed by atoms with E-state index in [0.717, 1.165) is 0 Å². The van der Waals surface area contributed by atoms with Gasteiger partial charge in [0, 0.05) is 0 Å². The fourth-order valence-electron chi connectivity index (χ4n) is 1.30. The number of carbonyl (C=O) groups is 1. The molecule has 0 radical (unpaired) electrons. The van der Waals surface area contributed by atoms with Gasteiger partial charge in [-0.3, -0.25) is 0 Å². The predicted octanol–water partition coefficient (Wildman–Crippen LogP) is -1.15. The van der Waals surface area contributed by atoms with Gasteiger partial charge in [-0.25, -0.2) is 4.79 Å². The highest BCUT2D eigenvalue weighted by atomic mass is 28.4. The quantitative estimate of drug-likeness (QED) is 0.432. The van der Waals surface area contributed by atoms with Crippen molar-refractivity contribution in [2.45, 2.75) is 44.1 Å². The van der Waals surface area contributed by atoms with Gasteiger partial charge < -0.3 is 24.5 Å². The summed E-state index contributed by atoms with van der Waals surface area (Å²) in [5, 5.41) is 28.1. The van der Waals surface area contributed by atoms with E-state index < -0.39 is 38.7 Å². The number of hydrogen-bond acceptors (Lipinski definition) is 6. The molecule has 16 heavy (non-hydrogen) atoms. The topological polar surface area (TPSA) is 96.2 Å². The lowest BCUT2D eigenvalue weighted by Gasteiger charge is -2.35. The van der Waals surface area contributed by atoms with Gasteiger partial charge in [0.2, 0.25) is 0 Å². The molecule has 1 aliphatic rings. The van der Waals surface area contributed by atoms with Crippen LogP contribution < -0.4 is 0 Å². The molecule has 0 spiro atoms. The largest absolute Gasteiger partial charge is 0.455 e. The normalized spacial score (nSPS) is 36.0. The molecule has 94 valence electrons. The number of ether oxygens (including phenoxy) is 1. The molecule has 4 atom stereocenters. The van der Waals surface area contributed by atoms with Crippen molar-refractivity contribution in [3.63, 3.8) is 0 Å². The zero-order valence-corrected chi connectivity index (χ0v) is 10.6. The Morgan fingerprint density at radius 1 is 1.25 bits per heavy atom. The third-order valence-electron chi connectivity index (χ3n) is 2.24. The average Bonchev–Trinajstić information content (AvgIpc) is 2.17. The summed E-state index contributed by atoms with van der Waals surface area (Å²) in [4.78, 5) is 11.1. The minimum Gasteiger partial charge on any atom is -0.455 e. The SMILES string of the molecule is C[Si](C)(C)OC[C@H]1OC(=O)[C@H](O)[C@@H](O)[C@@H]1O. The molecule has 0 aromatic carbocycles. The van der Waals surface area contributed by atoms with Crippen LogP contribution >= 0.6 is 0 Å². The van der Waals surface area contributed by atoms with Gasteiger partial charge in [0.15, 0.2) is 20.5 Å². The van der Waals surface area contributed by atoms with Crippen molar-refractivity contribution in [2.75, 3.05) is 6.61 Å². The van der Waals surface area contributed by atoms with E-state index in [4.69, 9.17) is 14.3 Å². The van der Waals surface area contributed by atoms with Gasteiger partial charge >= 0.3 is 5.97 Å². The molecule has 1 aliphatic heterocycles. The molecule has 1 saturated heterocycles. The Morgan fingerprint density at radius 3 is 2.31 bits per heavy atom. The Kier molecular flexibility index (Phi) is 4.08. The Morgan fingerprint density at radius 2 is 1.81 bits per heavy atom. The van der Waals surface area contributed by atoms with E-state index in [1.807, 2.05) is 19.6 Å². The fraction of sp³-hybridized carbons (Fsp3) is 0.889. The van der Waals surface area contributed by atoms with E-state index in [-0.39, 0.29) is 6.61 Å². The molecule has 0 aliphatic carbocycles. The number of aliphatic hydroxyl groups excluding tert-OH is 3. The lowest BCUT2D eigenvalue weighted by atomic mass is 10.0. The molecule has 0 saturated carbocycles. The number of aliphatic hydroxyl groups is 3. The summed E-state index contributed by atoms with van der Waals surface area (Å²) in [6, 6.07) is 0. The molecular weight excluding hydrogens is 232 g/mol. The molecule has 1 heterocycles. The van der Waals surface area contributed by atoms with Gasteiger partial charge in [0.25, 0.3) is 0 Å². The summed E-state index contributed by atoms with van der Waals surface area (Å²) in [5.74, 6) is -0.929. The summed E-state index contributed by atoms with van der Waals surface area (Å²) < 4.78 is 10.3. The van der Waals surface area contributed by atoms with Crippen LogP contribution in [0, 0.1) is 0 Å². The molecule has 3 N–H and O–H groups in total. The van der Waals surface area contributed by atoms with Crippen molar-refractivity contribution in [3.8, 4) is 0 Å². The number of rotatable bonds is 3. The van der Waals surface area contributed by atoms with E-state index >= 15 is 0 Å². The second-order valence-electron chi connectivity index (χ2n) is 4.82. The maximum absolute atomic E-state index is 11.1. The van der Waals surface area contributed by atoms with Crippen LogP contribution in [0.25, 0.3) is 0 Å². The van der Waals surface area contributed by atoms with E-state index in [9.17, 15) is 15.0 Å². The van der Waals surface area contributed by atoms with Crippen LogP contribution in [0.3, 0.4) is 0 Å². The third-order valence-corrected chi connectivity index (χ3v) is 3.28. The number of cyclic esters (lactones) is 1. The minimum absolute atomic E-state index is 0.0341. The summed E-state index contributed by atoms with van der Waals surface area (Å²) in [7, 11) is -1.78. The van der Waals surface area contributed by atoms with E-state index in [0.29, 0.717) is 0 Å². The molecule has 7 heteroatoms. The van der Waals surface area contributed by atoms with Crippen LogP contribution in [-0.2, 0) is 14.0 Å². The summed E-state index contributed by atoms with van der Waals surface area (Å²) in [6.45, 7) is 5.90. The lowest BCUT2D eigenvalue weighted by molar-refractivity contribution is -0.205. The second kappa shape index (κ2) is 4.80. The summed E-state index contributed by atoms with van der Waals surface area (Å²) in [5.41, 5.74) is 0. The monoisotopic (exact) mass is 250 g/mol. The van der Waals surface area contributed by atoms with Crippen molar-refractivity contribution in [1.82, 2.24) is 0 Å². The van der Waals surface area contributed by atoms with Gasteiger partial charge in [-0.15, -0.1) is 0 Å². The number of esters is 1. The van der Waals surface area contributed by atoms with Crippen molar-refractivity contribution >= 4 is 14.3 Å². The average molecular weight is 250 g/mol. The Hall–Kier alpha value is -0.473. The maximum Gasteiger partial charge on any atom is 0.338 e.